The number of ketones is 1. The summed E-state index contributed by atoms with van der Waals surface area (Å²) in [7, 11) is 4.63. The van der Waals surface area contributed by atoms with Gasteiger partial charge in [-0.2, -0.15) is 0 Å². The molecule has 0 fully saturated rings. The number of amides is 1. The van der Waals surface area contributed by atoms with Crippen LogP contribution in [0.25, 0.3) is 0 Å². The van der Waals surface area contributed by atoms with Crippen LogP contribution in [0.3, 0.4) is 0 Å². The molecule has 2 aromatic heterocycles. The van der Waals surface area contributed by atoms with Crippen molar-refractivity contribution in [3.05, 3.63) is 86.5 Å². The molecule has 0 saturated carbocycles. The van der Waals surface area contributed by atoms with Gasteiger partial charge in [-0.15, -0.1) is 11.3 Å². The van der Waals surface area contributed by atoms with E-state index in [0.29, 0.717) is 58.3 Å². The number of aromatic nitrogens is 1. The molecule has 2 unspecified atom stereocenters. The molecule has 2 aliphatic rings. The van der Waals surface area contributed by atoms with Crippen LogP contribution in [0, 0.1) is 6.92 Å². The van der Waals surface area contributed by atoms with Crippen LogP contribution in [0.15, 0.2) is 70.4 Å². The number of hydrogen-bond donors (Lipinski definition) is 2. The summed E-state index contributed by atoms with van der Waals surface area (Å²) < 4.78 is 16.8. The largest absolute Gasteiger partial charge is 0.493 e. The van der Waals surface area contributed by atoms with Gasteiger partial charge in [0.2, 0.25) is 5.75 Å². The van der Waals surface area contributed by atoms with Gasteiger partial charge in [0.25, 0.3) is 5.91 Å². The molecule has 9 heteroatoms. The van der Waals surface area contributed by atoms with Crippen LogP contribution in [0.1, 0.15) is 47.7 Å². The number of carbonyl (C=O) groups is 2. The number of benzene rings is 1. The molecule has 0 bridgehead atoms. The highest BCUT2D eigenvalue weighted by molar-refractivity contribution is 7.10. The quantitative estimate of drug-likeness (QED) is 0.406. The Bertz CT molecular complexity index is 1470. The van der Waals surface area contributed by atoms with Crippen LogP contribution in [0.2, 0.25) is 0 Å². The Hall–Kier alpha value is -4.11. The summed E-state index contributed by atoms with van der Waals surface area (Å²) in [5.41, 5.74) is 4.03. The monoisotopic (exact) mass is 545 g/mol. The molecule has 3 aromatic rings. The summed E-state index contributed by atoms with van der Waals surface area (Å²) in [6.45, 7) is 3.73. The van der Waals surface area contributed by atoms with Gasteiger partial charge in [-0.05, 0) is 61.5 Å². The number of Topliss-reactive ketones (excluding diaryl/α,β-unsaturated/α-hetero) is 1. The maximum Gasteiger partial charge on any atom is 0.255 e. The van der Waals surface area contributed by atoms with Crippen molar-refractivity contribution >= 4 is 28.8 Å². The average Bonchev–Trinajstić information content (AvgIpc) is 3.46. The first-order valence-corrected chi connectivity index (χ1v) is 13.5. The van der Waals surface area contributed by atoms with E-state index in [1.54, 1.807) is 38.7 Å². The molecular weight excluding hydrogens is 514 g/mol. The van der Waals surface area contributed by atoms with Gasteiger partial charge >= 0.3 is 0 Å². The highest BCUT2D eigenvalue weighted by Crippen LogP contribution is 2.49. The van der Waals surface area contributed by atoms with Gasteiger partial charge in [-0.25, -0.2) is 4.98 Å². The number of allylic oxidation sites excluding steroid dienone is 3. The van der Waals surface area contributed by atoms with Crippen molar-refractivity contribution in [2.75, 3.05) is 26.6 Å². The first-order chi connectivity index (χ1) is 18.8. The number of nitrogens with one attached hydrogen (secondary N) is 2. The molecular formula is C30H31N3O5S. The van der Waals surface area contributed by atoms with Crippen LogP contribution in [0.5, 0.6) is 17.2 Å². The maximum absolute atomic E-state index is 13.9. The number of thiophene rings is 1. The molecule has 5 rings (SSSR count). The van der Waals surface area contributed by atoms with Crippen LogP contribution in [-0.4, -0.2) is 38.0 Å². The van der Waals surface area contributed by atoms with Crippen molar-refractivity contribution in [3.8, 4) is 17.2 Å². The number of rotatable bonds is 7. The van der Waals surface area contributed by atoms with E-state index < -0.39 is 5.92 Å². The summed E-state index contributed by atoms with van der Waals surface area (Å²) in [6.07, 6.45) is 1.05. The van der Waals surface area contributed by atoms with Crippen molar-refractivity contribution in [2.45, 2.75) is 38.5 Å². The number of pyridine rings is 1. The van der Waals surface area contributed by atoms with Crippen LogP contribution >= 0.6 is 11.3 Å². The molecule has 2 N–H and O–H groups in total. The first-order valence-electron chi connectivity index (χ1n) is 12.7. The second-order valence-electron chi connectivity index (χ2n) is 9.61. The molecule has 1 aromatic carbocycles. The number of methoxy groups -OCH3 is 3. The number of ether oxygens (including phenoxy) is 3. The lowest BCUT2D eigenvalue weighted by atomic mass is 9.72. The maximum atomic E-state index is 13.9. The molecule has 1 aliphatic carbocycles. The molecule has 202 valence electrons. The van der Waals surface area contributed by atoms with E-state index in [4.69, 9.17) is 14.2 Å². The SMILES string of the molecule is COc1cc(C2C(C(=O)Nc3cccc(C)n3)=C(C)NC3=C2C(=O)CC(c2cccs2)C3)cc(OC)c1OC. The van der Waals surface area contributed by atoms with E-state index in [1.165, 1.54) is 4.88 Å². The number of aryl methyl sites for hydroxylation is 1. The summed E-state index contributed by atoms with van der Waals surface area (Å²) >= 11 is 1.66. The minimum atomic E-state index is -0.642. The first kappa shape index (κ1) is 26.5. The molecule has 1 aliphatic heterocycles. The van der Waals surface area contributed by atoms with Crippen molar-refractivity contribution < 1.29 is 23.8 Å². The van der Waals surface area contributed by atoms with Gasteiger partial charge < -0.3 is 24.8 Å². The Morgan fingerprint density at radius 3 is 2.38 bits per heavy atom. The fourth-order valence-electron chi connectivity index (χ4n) is 5.46. The lowest BCUT2D eigenvalue weighted by molar-refractivity contribution is -0.116. The lowest BCUT2D eigenvalue weighted by Gasteiger charge is -2.37. The van der Waals surface area contributed by atoms with Gasteiger partial charge in [0, 0.05) is 51.4 Å². The average molecular weight is 546 g/mol. The predicted octanol–water partition coefficient (Wildman–Crippen LogP) is 5.48. The van der Waals surface area contributed by atoms with Gasteiger partial charge in [-0.1, -0.05) is 12.1 Å². The van der Waals surface area contributed by atoms with Crippen molar-refractivity contribution in [1.29, 1.82) is 0 Å². The van der Waals surface area contributed by atoms with Crippen molar-refractivity contribution in [1.82, 2.24) is 10.3 Å². The molecule has 2 atom stereocenters. The molecule has 1 amide bonds. The van der Waals surface area contributed by atoms with E-state index in [-0.39, 0.29) is 17.6 Å². The van der Waals surface area contributed by atoms with E-state index in [1.807, 2.05) is 49.6 Å². The summed E-state index contributed by atoms with van der Waals surface area (Å²) in [6, 6.07) is 13.2. The molecule has 0 spiro atoms. The fraction of sp³-hybridized carbons (Fsp3) is 0.300. The highest BCUT2D eigenvalue weighted by atomic mass is 32.1. The Morgan fingerprint density at radius 1 is 1.03 bits per heavy atom. The molecule has 0 saturated heterocycles. The highest BCUT2D eigenvalue weighted by Gasteiger charge is 2.41. The number of anilines is 1. The third-order valence-electron chi connectivity index (χ3n) is 7.17. The zero-order valence-corrected chi connectivity index (χ0v) is 23.4. The Kier molecular flexibility index (Phi) is 7.43. The molecule has 39 heavy (non-hydrogen) atoms. The second-order valence-corrected chi connectivity index (χ2v) is 10.6. The summed E-state index contributed by atoms with van der Waals surface area (Å²) in [5.74, 6) is 0.895. The number of dihydropyridines is 1. The van der Waals surface area contributed by atoms with E-state index in [0.717, 1.165) is 11.4 Å². The van der Waals surface area contributed by atoms with Gasteiger partial charge in [-0.3, -0.25) is 9.59 Å². The van der Waals surface area contributed by atoms with Gasteiger partial charge in [0.1, 0.15) is 5.82 Å². The zero-order valence-electron chi connectivity index (χ0n) is 22.6. The number of carbonyl (C=O) groups excluding carboxylic acids is 2. The van der Waals surface area contributed by atoms with Crippen LogP contribution in [0.4, 0.5) is 5.82 Å². The molecule has 8 nitrogen and oxygen atoms in total. The fourth-order valence-corrected chi connectivity index (χ4v) is 6.29. The number of nitrogens with zero attached hydrogens (tertiary/aromatic N) is 1. The lowest BCUT2D eigenvalue weighted by Crippen LogP contribution is -2.37. The van der Waals surface area contributed by atoms with E-state index in [2.05, 4.69) is 21.7 Å². The Morgan fingerprint density at radius 2 is 1.77 bits per heavy atom. The molecule has 0 radical (unpaired) electrons. The standard InChI is InChI=1S/C30H31N3O5S/c1-16-8-6-10-25(31-16)33-30(35)26-17(2)32-20-12-18(24-9-7-11-39-24)13-21(34)28(20)27(26)19-14-22(36-3)29(38-5)23(15-19)37-4/h6-11,14-15,18,27,32H,12-13H2,1-5H3,(H,31,33,35). The third kappa shape index (κ3) is 5.02. The summed E-state index contributed by atoms with van der Waals surface area (Å²) in [4.78, 5) is 33.4. The predicted molar refractivity (Wildman–Crippen MR) is 151 cm³/mol. The van der Waals surface area contributed by atoms with Gasteiger partial charge in [0.05, 0.1) is 21.3 Å². The minimum absolute atomic E-state index is 0.00684. The molecule has 3 heterocycles. The van der Waals surface area contributed by atoms with E-state index >= 15 is 0 Å². The Labute approximate surface area is 231 Å². The third-order valence-corrected chi connectivity index (χ3v) is 8.20. The topological polar surface area (TPSA) is 98.8 Å². The van der Waals surface area contributed by atoms with Crippen molar-refractivity contribution in [3.63, 3.8) is 0 Å². The zero-order chi connectivity index (χ0) is 27.7. The normalized spacial score (nSPS) is 18.8. The van der Waals surface area contributed by atoms with Gasteiger partial charge in [0.15, 0.2) is 17.3 Å². The second kappa shape index (κ2) is 10.9. The smallest absolute Gasteiger partial charge is 0.255 e. The van der Waals surface area contributed by atoms with Crippen LogP contribution in [-0.2, 0) is 9.59 Å². The number of hydrogen-bond acceptors (Lipinski definition) is 8. The van der Waals surface area contributed by atoms with E-state index in [9.17, 15) is 9.59 Å². The van der Waals surface area contributed by atoms with Crippen molar-refractivity contribution in [2.24, 2.45) is 0 Å². The minimum Gasteiger partial charge on any atom is -0.493 e. The Balaban J connectivity index is 1.65. The van der Waals surface area contributed by atoms with Crippen LogP contribution < -0.4 is 24.8 Å². The summed E-state index contributed by atoms with van der Waals surface area (Å²) in [5, 5.41) is 8.39.